The molecule has 0 aromatic rings. The monoisotopic (exact) mass is 298 g/mol. The average molecular weight is 298 g/mol. The van der Waals surface area contributed by atoms with Gasteiger partial charge >= 0.3 is 0 Å². The van der Waals surface area contributed by atoms with Crippen LogP contribution in [-0.2, 0) is 14.2 Å². The molecule has 0 rings (SSSR count). The molecule has 4 heteroatoms. The number of rotatable bonds is 9. The molecule has 0 spiro atoms. The molecule has 0 radical (unpaired) electrons. The zero-order valence-corrected chi connectivity index (χ0v) is 16.1. The van der Waals surface area contributed by atoms with Crippen molar-refractivity contribution in [3.05, 3.63) is 38.0 Å². The molecule has 0 aliphatic rings. The minimum atomic E-state index is -1.12. The van der Waals surface area contributed by atoms with Crippen LogP contribution in [0.25, 0.3) is 0 Å². The van der Waals surface area contributed by atoms with Gasteiger partial charge in [0.25, 0.3) is 0 Å². The minimum absolute atomic E-state index is 0.515. The predicted octanol–water partition coefficient (Wildman–Crippen LogP) is 2.91. The lowest BCUT2D eigenvalue weighted by Crippen LogP contribution is -2.53. The van der Waals surface area contributed by atoms with Gasteiger partial charge in [0, 0.05) is 0 Å². The normalized spacial score (nSPS) is 14.1. The Hall–Kier alpha value is -0.683. The van der Waals surface area contributed by atoms with E-state index < -0.39 is 22.4 Å². The summed E-state index contributed by atoms with van der Waals surface area (Å²) in [6, 6.07) is 0. The summed E-state index contributed by atoms with van der Waals surface area (Å²) in [4.78, 5) is 0. The quantitative estimate of drug-likeness (QED) is 0.372. The van der Waals surface area contributed by atoms with Crippen molar-refractivity contribution in [1.82, 2.24) is 0 Å². The molecule has 0 aromatic heterocycles. The lowest BCUT2D eigenvalue weighted by atomic mass is 10.1. The molecule has 3 nitrogen and oxygen atoms in total. The van der Waals surface area contributed by atoms with Gasteiger partial charge in [0.15, 0.2) is 0 Å². The topological polar surface area (TPSA) is 27.7 Å². The van der Waals surface area contributed by atoms with Gasteiger partial charge in [-0.1, -0.05) is 18.2 Å². The predicted molar refractivity (Wildman–Crippen MR) is 88.8 cm³/mol. The molecule has 0 heterocycles. The molecule has 0 aromatic carbocycles. The van der Waals surface area contributed by atoms with Crippen LogP contribution in [0.5, 0.6) is 0 Å². The lowest BCUT2D eigenvalue weighted by Gasteiger charge is -2.44. The van der Waals surface area contributed by atoms with E-state index in [1.54, 1.807) is 18.2 Å². The Labute approximate surface area is 127 Å². The van der Waals surface area contributed by atoms with Gasteiger partial charge in [-0.15, -0.1) is 19.7 Å². The van der Waals surface area contributed by atoms with E-state index >= 15 is 0 Å². The summed E-state index contributed by atoms with van der Waals surface area (Å²) in [5.41, 5.74) is -2.80. The van der Waals surface area contributed by atoms with E-state index in [1.807, 2.05) is 41.5 Å². The first-order valence-electron chi connectivity index (χ1n) is 6.82. The highest BCUT2D eigenvalue weighted by Crippen LogP contribution is 2.31. The van der Waals surface area contributed by atoms with E-state index in [4.69, 9.17) is 14.2 Å². The van der Waals surface area contributed by atoms with Crippen molar-refractivity contribution in [2.75, 3.05) is 0 Å². The van der Waals surface area contributed by atoms with Crippen molar-refractivity contribution in [2.45, 2.75) is 63.9 Å². The van der Waals surface area contributed by atoms with Gasteiger partial charge in [0.05, 0.1) is 16.8 Å². The molecule has 0 saturated carbocycles. The second kappa shape index (κ2) is 6.39. The van der Waals surface area contributed by atoms with Gasteiger partial charge in [-0.25, -0.2) is 0 Å². The molecule has 0 saturated heterocycles. The van der Waals surface area contributed by atoms with Crippen molar-refractivity contribution in [3.8, 4) is 0 Å². The first kappa shape index (κ1) is 19.3. The molecule has 0 atom stereocenters. The minimum Gasteiger partial charge on any atom is -0.322 e. The van der Waals surface area contributed by atoms with E-state index in [0.717, 1.165) is 0 Å². The highest BCUT2D eigenvalue weighted by Gasteiger charge is 2.41. The van der Waals surface area contributed by atoms with Gasteiger partial charge in [-0.05, 0) is 41.5 Å². The second-order valence-electron chi connectivity index (χ2n) is 6.59. The maximum Gasteiger partial charge on any atom is 0.247 e. The fraction of sp³-hybridized carbons (Fsp3) is 0.625. The zero-order chi connectivity index (χ0) is 16.2. The van der Waals surface area contributed by atoms with Gasteiger partial charge < -0.3 is 14.2 Å². The standard InChI is InChI=1S/C16H30O3Si/c1-10-13(4,5)17-16(20,18-14(6,7)11-2)19-15(8,9)12-3/h10-12H,1-3H2,4-9,20H3. The van der Waals surface area contributed by atoms with Crippen LogP contribution >= 0.6 is 0 Å². The summed E-state index contributed by atoms with van der Waals surface area (Å²) in [6.45, 7) is 22.9. The van der Waals surface area contributed by atoms with Crippen LogP contribution in [0.1, 0.15) is 41.5 Å². The number of hydrogen-bond acceptors (Lipinski definition) is 3. The molecular formula is C16H30O3Si. The molecule has 0 unspecified atom stereocenters. The van der Waals surface area contributed by atoms with E-state index in [-0.39, 0.29) is 0 Å². The van der Waals surface area contributed by atoms with Gasteiger partial charge in [0.2, 0.25) is 5.60 Å². The fourth-order valence-corrected chi connectivity index (χ4v) is 3.20. The van der Waals surface area contributed by atoms with Crippen LogP contribution in [0.3, 0.4) is 0 Å². The summed E-state index contributed by atoms with van der Waals surface area (Å²) >= 11 is 0. The first-order valence-corrected chi connectivity index (χ1v) is 7.82. The van der Waals surface area contributed by atoms with Crippen molar-refractivity contribution in [2.24, 2.45) is 0 Å². The maximum absolute atomic E-state index is 6.05. The van der Waals surface area contributed by atoms with Gasteiger partial charge in [-0.2, -0.15) is 0 Å². The van der Waals surface area contributed by atoms with Crippen LogP contribution in [0.15, 0.2) is 38.0 Å². The van der Waals surface area contributed by atoms with E-state index in [9.17, 15) is 0 Å². The van der Waals surface area contributed by atoms with Crippen molar-refractivity contribution >= 4 is 10.2 Å². The Morgan fingerprint density at radius 3 is 1.00 bits per heavy atom. The Bertz CT molecular complexity index is 315. The van der Waals surface area contributed by atoms with Crippen molar-refractivity contribution < 1.29 is 14.2 Å². The largest absolute Gasteiger partial charge is 0.322 e. The first-order chi connectivity index (χ1) is 8.80. The highest BCUT2D eigenvalue weighted by molar-refractivity contribution is 6.12. The lowest BCUT2D eigenvalue weighted by molar-refractivity contribution is -0.389. The zero-order valence-electron chi connectivity index (χ0n) is 14.1. The summed E-state index contributed by atoms with van der Waals surface area (Å²) in [5.74, 6) is 0. The summed E-state index contributed by atoms with van der Waals surface area (Å²) in [6.07, 6.45) is 5.19. The van der Waals surface area contributed by atoms with Crippen molar-refractivity contribution in [3.63, 3.8) is 0 Å². The summed E-state index contributed by atoms with van der Waals surface area (Å²) < 4.78 is 18.2. The van der Waals surface area contributed by atoms with Crippen LogP contribution in [0, 0.1) is 0 Å². The van der Waals surface area contributed by atoms with Crippen LogP contribution < -0.4 is 0 Å². The maximum atomic E-state index is 6.05. The van der Waals surface area contributed by atoms with E-state index in [1.165, 1.54) is 0 Å². The Morgan fingerprint density at radius 2 is 0.850 bits per heavy atom. The molecule has 0 aliphatic heterocycles. The third-order valence-corrected chi connectivity index (χ3v) is 3.43. The Kier molecular flexibility index (Phi) is 6.17. The number of hydrogen-bond donors (Lipinski definition) is 0. The molecule has 0 N–H and O–H groups in total. The molecule has 0 aliphatic carbocycles. The Balaban J connectivity index is 5.38. The van der Waals surface area contributed by atoms with Crippen LogP contribution in [0.4, 0.5) is 0 Å². The van der Waals surface area contributed by atoms with Gasteiger partial charge in [0.1, 0.15) is 10.2 Å². The number of ether oxygens (including phenoxy) is 3. The fourth-order valence-electron chi connectivity index (χ4n) is 1.62. The summed E-state index contributed by atoms with van der Waals surface area (Å²) in [7, 11) is 0.515. The molecule has 0 fully saturated rings. The SMILES string of the molecule is C=CC(C)(C)OC([SiH3])(OC(C)(C)C=C)OC(C)(C)C=C. The molecular weight excluding hydrogens is 268 g/mol. The van der Waals surface area contributed by atoms with Gasteiger partial charge in [-0.3, -0.25) is 0 Å². The smallest absolute Gasteiger partial charge is 0.247 e. The molecule has 0 amide bonds. The average Bonchev–Trinajstić information content (AvgIpc) is 2.26. The summed E-state index contributed by atoms with van der Waals surface area (Å²) in [5, 5.41) is 0. The van der Waals surface area contributed by atoms with E-state index in [0.29, 0.717) is 10.2 Å². The molecule has 20 heavy (non-hydrogen) atoms. The third kappa shape index (κ3) is 6.66. The van der Waals surface area contributed by atoms with Crippen LogP contribution in [-0.4, -0.2) is 32.6 Å². The third-order valence-electron chi connectivity index (χ3n) is 2.82. The Morgan fingerprint density at radius 1 is 0.650 bits per heavy atom. The van der Waals surface area contributed by atoms with E-state index in [2.05, 4.69) is 19.7 Å². The highest BCUT2D eigenvalue weighted by atomic mass is 28.1. The molecule has 116 valence electrons. The molecule has 0 bridgehead atoms. The van der Waals surface area contributed by atoms with Crippen molar-refractivity contribution in [1.29, 1.82) is 0 Å². The second-order valence-corrected chi connectivity index (χ2v) is 7.82. The van der Waals surface area contributed by atoms with Crippen LogP contribution in [0.2, 0.25) is 0 Å².